The summed E-state index contributed by atoms with van der Waals surface area (Å²) in [5.74, 6) is 0.190. The zero-order chi connectivity index (χ0) is 21.7. The molecule has 0 radical (unpaired) electrons. The molecular weight excluding hydrogens is 397 g/mol. The number of alkyl halides is 3. The summed E-state index contributed by atoms with van der Waals surface area (Å²) in [7, 11) is 1.33. The van der Waals surface area contributed by atoms with E-state index in [0.29, 0.717) is 42.7 Å². The molecule has 0 spiro atoms. The van der Waals surface area contributed by atoms with Crippen LogP contribution in [-0.2, 0) is 26.9 Å². The molecule has 1 unspecified atom stereocenters. The van der Waals surface area contributed by atoms with Crippen LogP contribution in [0.15, 0.2) is 42.5 Å². The van der Waals surface area contributed by atoms with E-state index in [1.54, 1.807) is 30.3 Å². The monoisotopic (exact) mass is 422 g/mol. The minimum absolute atomic E-state index is 0.0980. The van der Waals surface area contributed by atoms with E-state index in [2.05, 4.69) is 0 Å². The SMILES string of the molecule is CCO[C@@H](CC(=O)OC)c1ccc(OC2CCCc3c2cccc3C(F)(F)F)cc1. The number of carbonyl (C=O) groups is 1. The van der Waals surface area contributed by atoms with Crippen molar-refractivity contribution in [3.63, 3.8) is 0 Å². The third kappa shape index (κ3) is 5.14. The Hall–Kier alpha value is -2.54. The molecule has 0 aliphatic heterocycles. The van der Waals surface area contributed by atoms with E-state index < -0.39 is 23.9 Å². The van der Waals surface area contributed by atoms with Crippen LogP contribution in [0.3, 0.4) is 0 Å². The second-order valence-corrected chi connectivity index (χ2v) is 7.16. The quantitative estimate of drug-likeness (QED) is 0.529. The molecule has 0 saturated heterocycles. The van der Waals surface area contributed by atoms with Crippen LogP contribution in [0.4, 0.5) is 13.2 Å². The second kappa shape index (κ2) is 9.51. The van der Waals surface area contributed by atoms with Crippen LogP contribution in [-0.4, -0.2) is 19.7 Å². The fourth-order valence-corrected chi connectivity index (χ4v) is 3.83. The lowest BCUT2D eigenvalue weighted by Gasteiger charge is -2.28. The summed E-state index contributed by atoms with van der Waals surface area (Å²) in [4.78, 5) is 11.6. The molecule has 0 fully saturated rings. The van der Waals surface area contributed by atoms with Gasteiger partial charge >= 0.3 is 12.1 Å². The minimum atomic E-state index is -4.37. The van der Waals surface area contributed by atoms with Crippen LogP contribution in [0.25, 0.3) is 0 Å². The molecule has 7 heteroatoms. The number of rotatable bonds is 7. The molecule has 1 aliphatic carbocycles. The van der Waals surface area contributed by atoms with Crippen molar-refractivity contribution >= 4 is 5.97 Å². The molecule has 0 amide bonds. The van der Waals surface area contributed by atoms with E-state index in [1.807, 2.05) is 6.92 Å². The van der Waals surface area contributed by atoms with Gasteiger partial charge in [-0.25, -0.2) is 0 Å². The van der Waals surface area contributed by atoms with E-state index >= 15 is 0 Å². The van der Waals surface area contributed by atoms with Crippen LogP contribution in [0.2, 0.25) is 0 Å². The molecule has 4 nitrogen and oxygen atoms in total. The highest BCUT2D eigenvalue weighted by molar-refractivity contribution is 5.70. The molecular formula is C23H25F3O4. The van der Waals surface area contributed by atoms with Crippen molar-refractivity contribution in [3.8, 4) is 5.75 Å². The van der Waals surface area contributed by atoms with Gasteiger partial charge in [0, 0.05) is 6.61 Å². The Balaban J connectivity index is 1.78. The average molecular weight is 422 g/mol. The maximum atomic E-state index is 13.3. The highest BCUT2D eigenvalue weighted by atomic mass is 19.4. The summed E-state index contributed by atoms with van der Waals surface area (Å²) in [5.41, 5.74) is 1.15. The molecule has 30 heavy (non-hydrogen) atoms. The third-order valence-corrected chi connectivity index (χ3v) is 5.24. The van der Waals surface area contributed by atoms with Crippen molar-refractivity contribution < 1.29 is 32.2 Å². The van der Waals surface area contributed by atoms with E-state index in [4.69, 9.17) is 14.2 Å². The fraction of sp³-hybridized carbons (Fsp3) is 0.435. The van der Waals surface area contributed by atoms with Gasteiger partial charge in [0.1, 0.15) is 11.9 Å². The van der Waals surface area contributed by atoms with E-state index in [-0.39, 0.29) is 12.4 Å². The Bertz CT molecular complexity index is 862. The lowest BCUT2D eigenvalue weighted by atomic mass is 9.86. The summed E-state index contributed by atoms with van der Waals surface area (Å²) in [6.07, 6.45) is -3.45. The molecule has 0 saturated carbocycles. The molecule has 2 aromatic carbocycles. The molecule has 0 aromatic heterocycles. The second-order valence-electron chi connectivity index (χ2n) is 7.16. The highest BCUT2D eigenvalue weighted by Crippen LogP contribution is 2.41. The summed E-state index contributed by atoms with van der Waals surface area (Å²) in [6, 6.07) is 11.4. The largest absolute Gasteiger partial charge is 0.486 e. The maximum Gasteiger partial charge on any atom is 0.416 e. The number of halogens is 3. The van der Waals surface area contributed by atoms with Crippen molar-refractivity contribution in [2.24, 2.45) is 0 Å². The van der Waals surface area contributed by atoms with Gasteiger partial charge in [-0.15, -0.1) is 0 Å². The Morgan fingerprint density at radius 2 is 1.90 bits per heavy atom. The van der Waals surface area contributed by atoms with Crippen LogP contribution in [0, 0.1) is 0 Å². The number of carbonyl (C=O) groups excluding carboxylic acids is 1. The summed E-state index contributed by atoms with van der Waals surface area (Å²) >= 11 is 0. The molecule has 1 aliphatic rings. The Kier molecular flexibility index (Phi) is 7.02. The van der Waals surface area contributed by atoms with Crippen molar-refractivity contribution in [2.75, 3.05) is 13.7 Å². The topological polar surface area (TPSA) is 44.8 Å². The van der Waals surface area contributed by atoms with Crippen molar-refractivity contribution in [2.45, 2.75) is 51.0 Å². The van der Waals surface area contributed by atoms with Crippen molar-refractivity contribution in [1.82, 2.24) is 0 Å². The number of benzene rings is 2. The number of esters is 1. The van der Waals surface area contributed by atoms with Gasteiger partial charge in [-0.1, -0.05) is 24.3 Å². The van der Waals surface area contributed by atoms with Gasteiger partial charge in [-0.3, -0.25) is 4.79 Å². The smallest absolute Gasteiger partial charge is 0.416 e. The Morgan fingerprint density at radius 1 is 1.17 bits per heavy atom. The van der Waals surface area contributed by atoms with Crippen LogP contribution in [0.1, 0.15) is 60.6 Å². The van der Waals surface area contributed by atoms with Gasteiger partial charge in [-0.2, -0.15) is 13.2 Å². The molecule has 0 bridgehead atoms. The van der Waals surface area contributed by atoms with Gasteiger partial charge < -0.3 is 14.2 Å². The lowest BCUT2D eigenvalue weighted by Crippen LogP contribution is -2.20. The number of methoxy groups -OCH3 is 1. The van der Waals surface area contributed by atoms with Crippen LogP contribution < -0.4 is 4.74 Å². The normalized spacial score (nSPS) is 17.2. The van der Waals surface area contributed by atoms with Gasteiger partial charge in [0.25, 0.3) is 0 Å². The average Bonchev–Trinajstić information content (AvgIpc) is 2.73. The zero-order valence-corrected chi connectivity index (χ0v) is 17.0. The van der Waals surface area contributed by atoms with Crippen molar-refractivity contribution in [1.29, 1.82) is 0 Å². The number of hydrogen-bond acceptors (Lipinski definition) is 4. The van der Waals surface area contributed by atoms with Gasteiger partial charge in [0.05, 0.1) is 25.2 Å². The Morgan fingerprint density at radius 3 is 2.53 bits per heavy atom. The van der Waals surface area contributed by atoms with Gasteiger partial charge in [-0.05, 0) is 61.1 Å². The lowest BCUT2D eigenvalue weighted by molar-refractivity contribution is -0.144. The molecule has 0 N–H and O–H groups in total. The Labute approximate surface area is 173 Å². The highest BCUT2D eigenvalue weighted by Gasteiger charge is 2.36. The first-order valence-corrected chi connectivity index (χ1v) is 9.97. The standard InChI is InChI=1S/C23H25F3O4/c1-3-29-21(14-22(27)28-2)15-10-12-16(13-11-15)30-20-9-5-6-17-18(20)7-4-8-19(17)23(24,25)26/h4,7-8,10-13,20-21H,3,5-6,9,14H2,1-2H3/t20?,21-/m0/s1. The molecule has 162 valence electrons. The van der Waals surface area contributed by atoms with E-state index in [1.165, 1.54) is 13.2 Å². The van der Waals surface area contributed by atoms with Crippen LogP contribution >= 0.6 is 0 Å². The van der Waals surface area contributed by atoms with Gasteiger partial charge in [0.15, 0.2) is 0 Å². The van der Waals surface area contributed by atoms with E-state index in [0.717, 1.165) is 11.6 Å². The van der Waals surface area contributed by atoms with Gasteiger partial charge in [0.2, 0.25) is 0 Å². The molecule has 2 atom stereocenters. The predicted molar refractivity (Wildman–Crippen MR) is 105 cm³/mol. The summed E-state index contributed by atoms with van der Waals surface area (Å²) in [5, 5.41) is 0. The third-order valence-electron chi connectivity index (χ3n) is 5.24. The first-order valence-electron chi connectivity index (χ1n) is 9.97. The number of hydrogen-bond donors (Lipinski definition) is 0. The minimum Gasteiger partial charge on any atom is -0.486 e. The number of ether oxygens (including phenoxy) is 3. The fourth-order valence-electron chi connectivity index (χ4n) is 3.83. The summed E-state index contributed by atoms with van der Waals surface area (Å²) < 4.78 is 56.4. The van der Waals surface area contributed by atoms with E-state index in [9.17, 15) is 18.0 Å². The first kappa shape index (κ1) is 22.2. The molecule has 2 aromatic rings. The maximum absolute atomic E-state index is 13.3. The number of fused-ring (bicyclic) bond motifs is 1. The first-order chi connectivity index (χ1) is 14.3. The zero-order valence-electron chi connectivity index (χ0n) is 17.0. The van der Waals surface area contributed by atoms with Crippen molar-refractivity contribution in [3.05, 3.63) is 64.7 Å². The molecule has 3 rings (SSSR count). The molecule has 0 heterocycles. The predicted octanol–water partition coefficient (Wildman–Crippen LogP) is 5.80. The summed E-state index contributed by atoms with van der Waals surface area (Å²) in [6.45, 7) is 2.29. The van der Waals surface area contributed by atoms with Crippen LogP contribution in [0.5, 0.6) is 5.75 Å².